The predicted octanol–water partition coefficient (Wildman–Crippen LogP) is 0.0900. The minimum Gasteiger partial charge on any atom is -0.396 e. The van der Waals surface area contributed by atoms with E-state index in [9.17, 15) is 4.91 Å². The molecule has 0 fully saturated rings. The normalized spacial score (nSPS) is 9.75. The van der Waals surface area contributed by atoms with E-state index >= 15 is 0 Å². The lowest BCUT2D eigenvalue weighted by Gasteiger charge is -1.96. The number of rotatable bonds is 4. The number of aryl methyl sites for hydroxylation is 1. The lowest BCUT2D eigenvalue weighted by molar-refractivity contribution is -0.379. The topological polar surface area (TPSA) is 51.3 Å². The molecule has 0 amide bonds. The maximum absolute atomic E-state index is 10.3. The number of hydrogen-bond donors (Lipinski definition) is 2. The van der Waals surface area contributed by atoms with E-state index in [2.05, 4.69) is 0 Å². The molecule has 0 aliphatic carbocycles. The zero-order valence-electron chi connectivity index (χ0n) is 6.79. The molecule has 0 atom stereocenters. The van der Waals surface area contributed by atoms with E-state index in [0.29, 0.717) is 5.69 Å². The molecular weight excluding hydrogens is 154 g/mol. The van der Waals surface area contributed by atoms with Crippen LogP contribution in [-0.2, 0) is 6.42 Å². The standard InChI is InChI=1S/C9H11NO2/c11-6-2-4-8-3-1-5-9(7-8)10-12/h1,3,5,7,11H,2,4,6H2/p+1. The van der Waals surface area contributed by atoms with Gasteiger partial charge in [0, 0.05) is 28.8 Å². The van der Waals surface area contributed by atoms with Gasteiger partial charge in [-0.25, -0.2) is 0 Å². The molecule has 0 spiro atoms. The molecule has 3 nitrogen and oxygen atoms in total. The van der Waals surface area contributed by atoms with Crippen LogP contribution in [0.5, 0.6) is 0 Å². The number of hydrogen-bond acceptors (Lipinski definition) is 2. The summed E-state index contributed by atoms with van der Waals surface area (Å²) in [4.78, 5) is 10.3. The predicted molar refractivity (Wildman–Crippen MR) is 45.8 cm³/mol. The highest BCUT2D eigenvalue weighted by Gasteiger charge is 1.98. The summed E-state index contributed by atoms with van der Waals surface area (Å²) >= 11 is 0. The van der Waals surface area contributed by atoms with Crippen molar-refractivity contribution in [2.24, 2.45) is 0 Å². The molecule has 1 rings (SSSR count). The van der Waals surface area contributed by atoms with E-state index in [1.807, 2.05) is 17.3 Å². The largest absolute Gasteiger partial charge is 0.396 e. The maximum atomic E-state index is 10.3. The van der Waals surface area contributed by atoms with Gasteiger partial charge in [-0.1, -0.05) is 12.1 Å². The van der Waals surface area contributed by atoms with Crippen LogP contribution in [0.4, 0.5) is 5.69 Å². The van der Waals surface area contributed by atoms with Gasteiger partial charge in [0.05, 0.1) is 0 Å². The Bertz CT molecular complexity index is 260. The number of aliphatic hydroxyl groups excluding tert-OH is 1. The second kappa shape index (κ2) is 4.62. The molecule has 2 N–H and O–H groups in total. The average molecular weight is 166 g/mol. The molecule has 1 aromatic carbocycles. The van der Waals surface area contributed by atoms with Crippen molar-refractivity contribution >= 4 is 5.69 Å². The van der Waals surface area contributed by atoms with Gasteiger partial charge in [-0.15, -0.1) is 0 Å². The molecule has 0 aromatic heterocycles. The average Bonchev–Trinajstić information content (AvgIpc) is 2.15. The number of nitrogens with one attached hydrogen (secondary N) is 1. The molecule has 0 unspecified atom stereocenters. The van der Waals surface area contributed by atoms with E-state index in [1.165, 1.54) is 0 Å². The fraction of sp³-hybridized carbons (Fsp3) is 0.333. The van der Waals surface area contributed by atoms with Crippen LogP contribution in [0.3, 0.4) is 0 Å². The Balaban J connectivity index is 2.66. The van der Waals surface area contributed by atoms with Gasteiger partial charge in [-0.2, -0.15) is 0 Å². The van der Waals surface area contributed by atoms with E-state index in [-0.39, 0.29) is 6.61 Å². The monoisotopic (exact) mass is 166 g/mol. The second-order valence-corrected chi connectivity index (χ2v) is 2.63. The van der Waals surface area contributed by atoms with Crippen LogP contribution < -0.4 is 5.18 Å². The number of aliphatic hydroxyl groups is 1. The molecule has 0 aliphatic heterocycles. The summed E-state index contributed by atoms with van der Waals surface area (Å²) < 4.78 is 0. The van der Waals surface area contributed by atoms with E-state index < -0.39 is 0 Å². The first-order chi connectivity index (χ1) is 5.86. The Morgan fingerprint density at radius 2 is 2.25 bits per heavy atom. The molecule has 3 heteroatoms. The number of benzene rings is 1. The molecule has 1 aromatic rings. The molecule has 0 bridgehead atoms. The molecule has 0 saturated heterocycles. The highest BCUT2D eigenvalue weighted by atomic mass is 16.3. The summed E-state index contributed by atoms with van der Waals surface area (Å²) in [5.74, 6) is 0. The van der Waals surface area contributed by atoms with Gasteiger partial charge in [0.25, 0.3) is 5.69 Å². The van der Waals surface area contributed by atoms with Crippen LogP contribution in [0.1, 0.15) is 12.0 Å². The van der Waals surface area contributed by atoms with Gasteiger partial charge in [0.15, 0.2) is 0 Å². The van der Waals surface area contributed by atoms with Gasteiger partial charge in [-0.3, -0.25) is 0 Å². The summed E-state index contributed by atoms with van der Waals surface area (Å²) in [5.41, 5.74) is 1.65. The van der Waals surface area contributed by atoms with E-state index in [0.717, 1.165) is 18.4 Å². The first kappa shape index (κ1) is 8.87. The van der Waals surface area contributed by atoms with Crippen molar-refractivity contribution in [1.82, 2.24) is 0 Å². The van der Waals surface area contributed by atoms with Gasteiger partial charge in [0.1, 0.15) is 0 Å². The lowest BCUT2D eigenvalue weighted by atomic mass is 10.1. The zero-order chi connectivity index (χ0) is 8.81. The molecule has 12 heavy (non-hydrogen) atoms. The Labute approximate surface area is 71.0 Å². The smallest absolute Gasteiger partial charge is 0.253 e. The first-order valence-electron chi connectivity index (χ1n) is 3.95. The van der Waals surface area contributed by atoms with Crippen LogP contribution in [0.15, 0.2) is 24.3 Å². The SMILES string of the molecule is O=[NH+]c1cccc(CCCO)c1. The molecular formula is C9H12NO2+. The Morgan fingerprint density at radius 3 is 2.92 bits per heavy atom. The van der Waals surface area contributed by atoms with E-state index in [4.69, 9.17) is 5.11 Å². The van der Waals surface area contributed by atoms with Crippen molar-refractivity contribution in [3.05, 3.63) is 34.7 Å². The van der Waals surface area contributed by atoms with Crippen molar-refractivity contribution < 1.29 is 10.3 Å². The Kier molecular flexibility index (Phi) is 3.41. The molecule has 0 saturated carbocycles. The molecule has 0 heterocycles. The van der Waals surface area contributed by atoms with Gasteiger partial charge in [0.2, 0.25) is 0 Å². The van der Waals surface area contributed by atoms with Crippen molar-refractivity contribution in [3.8, 4) is 0 Å². The van der Waals surface area contributed by atoms with Crippen molar-refractivity contribution in [3.63, 3.8) is 0 Å². The minimum atomic E-state index is 0.190. The fourth-order valence-corrected chi connectivity index (χ4v) is 1.07. The van der Waals surface area contributed by atoms with E-state index in [1.54, 1.807) is 12.1 Å². The van der Waals surface area contributed by atoms with Crippen LogP contribution in [0, 0.1) is 4.91 Å². The van der Waals surface area contributed by atoms with Crippen LogP contribution in [0.2, 0.25) is 0 Å². The summed E-state index contributed by atoms with van der Waals surface area (Å²) in [5, 5.41) is 10.4. The third-order valence-electron chi connectivity index (χ3n) is 1.67. The van der Waals surface area contributed by atoms with Gasteiger partial charge in [-0.05, 0) is 18.4 Å². The fourth-order valence-electron chi connectivity index (χ4n) is 1.07. The highest BCUT2D eigenvalue weighted by molar-refractivity contribution is 5.32. The summed E-state index contributed by atoms with van der Waals surface area (Å²) in [6.07, 6.45) is 1.55. The lowest BCUT2D eigenvalue weighted by Crippen LogP contribution is -2.55. The van der Waals surface area contributed by atoms with Crippen molar-refractivity contribution in [2.45, 2.75) is 12.8 Å². The van der Waals surface area contributed by atoms with Crippen LogP contribution >= 0.6 is 0 Å². The van der Waals surface area contributed by atoms with Crippen molar-refractivity contribution in [1.29, 1.82) is 0 Å². The molecule has 0 radical (unpaired) electrons. The van der Waals surface area contributed by atoms with Crippen molar-refractivity contribution in [2.75, 3.05) is 6.61 Å². The third kappa shape index (κ3) is 2.43. The Hall–Kier alpha value is -1.22. The number of nitroso groups, excluding NO2 is 1. The first-order valence-corrected chi connectivity index (χ1v) is 3.95. The van der Waals surface area contributed by atoms with Crippen LogP contribution in [-0.4, -0.2) is 11.7 Å². The quantitative estimate of drug-likeness (QED) is 0.666. The molecule has 0 aliphatic rings. The summed E-state index contributed by atoms with van der Waals surface area (Å²) in [7, 11) is 0. The zero-order valence-corrected chi connectivity index (χ0v) is 6.79. The Morgan fingerprint density at radius 1 is 1.42 bits per heavy atom. The van der Waals surface area contributed by atoms with Gasteiger partial charge >= 0.3 is 0 Å². The molecule has 64 valence electrons. The highest BCUT2D eigenvalue weighted by Crippen LogP contribution is 2.06. The summed E-state index contributed by atoms with van der Waals surface area (Å²) in [6, 6.07) is 7.28. The van der Waals surface area contributed by atoms with Gasteiger partial charge < -0.3 is 5.11 Å². The summed E-state index contributed by atoms with van der Waals surface area (Å²) in [6.45, 7) is 0.190. The van der Waals surface area contributed by atoms with Crippen LogP contribution in [0.25, 0.3) is 0 Å². The second-order valence-electron chi connectivity index (χ2n) is 2.63. The maximum Gasteiger partial charge on any atom is 0.253 e. The third-order valence-corrected chi connectivity index (χ3v) is 1.67. The minimum absolute atomic E-state index is 0.190.